The van der Waals surface area contributed by atoms with Crippen LogP contribution in [0.1, 0.15) is 18.9 Å². The standard InChI is InChI=1S/C11H20N4O/c1-3-13-11-14-8-10(9-15-11)7-12-5-4-6-16-2/h8-9,12H,3-7H2,1-2H3,(H,13,14,15). The molecule has 1 heterocycles. The largest absolute Gasteiger partial charge is 0.385 e. The van der Waals surface area contributed by atoms with Crippen LogP contribution in [0.3, 0.4) is 0 Å². The van der Waals surface area contributed by atoms with Gasteiger partial charge in [0.15, 0.2) is 0 Å². The Morgan fingerprint density at radius 2 is 2.06 bits per heavy atom. The van der Waals surface area contributed by atoms with Gasteiger partial charge in [-0.05, 0) is 19.9 Å². The van der Waals surface area contributed by atoms with E-state index in [1.807, 2.05) is 19.3 Å². The molecule has 2 N–H and O–H groups in total. The van der Waals surface area contributed by atoms with E-state index in [0.29, 0.717) is 5.95 Å². The minimum Gasteiger partial charge on any atom is -0.385 e. The van der Waals surface area contributed by atoms with E-state index >= 15 is 0 Å². The Kier molecular flexibility index (Phi) is 6.44. The number of methoxy groups -OCH3 is 1. The topological polar surface area (TPSA) is 59.1 Å². The maximum absolute atomic E-state index is 4.96. The SMILES string of the molecule is CCNc1ncc(CNCCCOC)cn1. The summed E-state index contributed by atoms with van der Waals surface area (Å²) in [6, 6.07) is 0. The van der Waals surface area contributed by atoms with Crippen molar-refractivity contribution in [2.75, 3.05) is 32.1 Å². The zero-order valence-corrected chi connectivity index (χ0v) is 9.99. The first-order valence-electron chi connectivity index (χ1n) is 5.61. The van der Waals surface area contributed by atoms with Crippen LogP contribution in [0, 0.1) is 0 Å². The number of nitrogens with one attached hydrogen (secondary N) is 2. The molecule has 0 saturated heterocycles. The minimum atomic E-state index is 0.686. The third kappa shape index (κ3) is 5.04. The minimum absolute atomic E-state index is 0.686. The average Bonchev–Trinajstić information content (AvgIpc) is 2.31. The van der Waals surface area contributed by atoms with Crippen LogP contribution >= 0.6 is 0 Å². The van der Waals surface area contributed by atoms with Crippen LogP contribution in [0.5, 0.6) is 0 Å². The Labute approximate surface area is 96.6 Å². The highest BCUT2D eigenvalue weighted by Gasteiger charge is 1.96. The predicted molar refractivity (Wildman–Crippen MR) is 64.4 cm³/mol. The second-order valence-electron chi connectivity index (χ2n) is 3.47. The van der Waals surface area contributed by atoms with Gasteiger partial charge in [0.2, 0.25) is 5.95 Å². The van der Waals surface area contributed by atoms with E-state index in [1.54, 1.807) is 7.11 Å². The summed E-state index contributed by atoms with van der Waals surface area (Å²) in [7, 11) is 1.72. The van der Waals surface area contributed by atoms with E-state index < -0.39 is 0 Å². The maximum atomic E-state index is 4.96. The van der Waals surface area contributed by atoms with Crippen LogP contribution in [0.15, 0.2) is 12.4 Å². The first kappa shape index (κ1) is 12.9. The molecule has 90 valence electrons. The van der Waals surface area contributed by atoms with Gasteiger partial charge in [-0.3, -0.25) is 0 Å². The van der Waals surface area contributed by atoms with E-state index in [9.17, 15) is 0 Å². The smallest absolute Gasteiger partial charge is 0.222 e. The van der Waals surface area contributed by atoms with E-state index in [2.05, 4.69) is 20.6 Å². The van der Waals surface area contributed by atoms with Crippen LogP contribution in [0.4, 0.5) is 5.95 Å². The van der Waals surface area contributed by atoms with E-state index in [0.717, 1.165) is 38.2 Å². The second kappa shape index (κ2) is 8.01. The van der Waals surface area contributed by atoms with E-state index in [-0.39, 0.29) is 0 Å². The number of aromatic nitrogens is 2. The predicted octanol–water partition coefficient (Wildman–Crippen LogP) is 1.03. The summed E-state index contributed by atoms with van der Waals surface area (Å²) in [4.78, 5) is 8.39. The Morgan fingerprint density at radius 1 is 1.31 bits per heavy atom. The van der Waals surface area contributed by atoms with Gasteiger partial charge in [-0.2, -0.15) is 0 Å². The molecular formula is C11H20N4O. The third-order valence-electron chi connectivity index (χ3n) is 2.07. The van der Waals surface area contributed by atoms with Crippen molar-refractivity contribution in [3.8, 4) is 0 Å². The van der Waals surface area contributed by atoms with Crippen molar-refractivity contribution in [3.63, 3.8) is 0 Å². The van der Waals surface area contributed by atoms with Gasteiger partial charge in [-0.1, -0.05) is 0 Å². The maximum Gasteiger partial charge on any atom is 0.222 e. The van der Waals surface area contributed by atoms with Crippen LogP contribution in [-0.2, 0) is 11.3 Å². The number of rotatable bonds is 8. The molecule has 1 aromatic rings. The molecule has 1 rings (SSSR count). The molecule has 0 bridgehead atoms. The van der Waals surface area contributed by atoms with Crippen molar-refractivity contribution in [1.82, 2.24) is 15.3 Å². The molecule has 1 aromatic heterocycles. The summed E-state index contributed by atoms with van der Waals surface area (Å²) in [6.07, 6.45) is 4.70. The molecule has 0 aliphatic carbocycles. The number of anilines is 1. The van der Waals surface area contributed by atoms with E-state index in [1.165, 1.54) is 0 Å². The summed E-state index contributed by atoms with van der Waals surface area (Å²) >= 11 is 0. The van der Waals surface area contributed by atoms with Crippen molar-refractivity contribution < 1.29 is 4.74 Å². The second-order valence-corrected chi connectivity index (χ2v) is 3.47. The Bertz CT molecular complexity index is 276. The van der Waals surface area contributed by atoms with Crippen molar-refractivity contribution in [2.45, 2.75) is 19.9 Å². The van der Waals surface area contributed by atoms with Crippen molar-refractivity contribution in [3.05, 3.63) is 18.0 Å². The molecule has 0 aromatic carbocycles. The molecule has 0 fully saturated rings. The van der Waals surface area contributed by atoms with Gasteiger partial charge in [0.25, 0.3) is 0 Å². The highest BCUT2D eigenvalue weighted by molar-refractivity contribution is 5.24. The normalized spacial score (nSPS) is 10.4. The fourth-order valence-electron chi connectivity index (χ4n) is 1.27. The van der Waals surface area contributed by atoms with Crippen molar-refractivity contribution in [1.29, 1.82) is 0 Å². The lowest BCUT2D eigenvalue weighted by Crippen LogP contribution is -2.16. The number of hydrogen-bond acceptors (Lipinski definition) is 5. The van der Waals surface area contributed by atoms with Crippen LogP contribution in [0.25, 0.3) is 0 Å². The molecule has 0 aliphatic heterocycles. The summed E-state index contributed by atoms with van der Waals surface area (Å²) in [5.41, 5.74) is 1.10. The molecule has 5 nitrogen and oxygen atoms in total. The van der Waals surface area contributed by atoms with Gasteiger partial charge in [-0.15, -0.1) is 0 Å². The van der Waals surface area contributed by atoms with Crippen LogP contribution in [-0.4, -0.2) is 36.8 Å². The fourth-order valence-corrected chi connectivity index (χ4v) is 1.27. The van der Waals surface area contributed by atoms with Gasteiger partial charge < -0.3 is 15.4 Å². The highest BCUT2D eigenvalue weighted by Crippen LogP contribution is 1.99. The number of ether oxygens (including phenoxy) is 1. The Balaban J connectivity index is 2.21. The zero-order valence-electron chi connectivity index (χ0n) is 9.99. The quantitative estimate of drug-likeness (QED) is 0.646. The Hall–Kier alpha value is -1.20. The monoisotopic (exact) mass is 224 g/mol. The van der Waals surface area contributed by atoms with Crippen LogP contribution < -0.4 is 10.6 Å². The molecule has 0 spiro atoms. The van der Waals surface area contributed by atoms with Gasteiger partial charge in [0.1, 0.15) is 0 Å². The van der Waals surface area contributed by atoms with Gasteiger partial charge in [0, 0.05) is 44.8 Å². The summed E-state index contributed by atoms with van der Waals surface area (Å²) in [5, 5.41) is 6.37. The third-order valence-corrected chi connectivity index (χ3v) is 2.07. The average molecular weight is 224 g/mol. The van der Waals surface area contributed by atoms with Crippen molar-refractivity contribution >= 4 is 5.95 Å². The summed E-state index contributed by atoms with van der Waals surface area (Å²) < 4.78 is 4.96. The lowest BCUT2D eigenvalue weighted by molar-refractivity contribution is 0.194. The lowest BCUT2D eigenvalue weighted by atomic mass is 10.3. The fraction of sp³-hybridized carbons (Fsp3) is 0.636. The highest BCUT2D eigenvalue weighted by atomic mass is 16.5. The molecule has 0 aliphatic rings. The number of nitrogens with zero attached hydrogens (tertiary/aromatic N) is 2. The molecule has 0 unspecified atom stereocenters. The Morgan fingerprint density at radius 3 is 2.69 bits per heavy atom. The lowest BCUT2D eigenvalue weighted by Gasteiger charge is -2.05. The zero-order chi connectivity index (χ0) is 11.6. The van der Waals surface area contributed by atoms with Gasteiger partial charge in [0.05, 0.1) is 0 Å². The molecule has 0 saturated carbocycles. The molecule has 5 heteroatoms. The molecule has 0 atom stereocenters. The molecular weight excluding hydrogens is 204 g/mol. The molecule has 0 radical (unpaired) electrons. The molecule has 16 heavy (non-hydrogen) atoms. The van der Waals surface area contributed by atoms with Crippen LogP contribution in [0.2, 0.25) is 0 Å². The summed E-state index contributed by atoms with van der Waals surface area (Å²) in [6.45, 7) is 5.41. The van der Waals surface area contributed by atoms with Crippen molar-refractivity contribution in [2.24, 2.45) is 0 Å². The first-order chi connectivity index (χ1) is 7.86. The van der Waals surface area contributed by atoms with Gasteiger partial charge >= 0.3 is 0 Å². The first-order valence-corrected chi connectivity index (χ1v) is 5.61. The van der Waals surface area contributed by atoms with E-state index in [4.69, 9.17) is 4.74 Å². The molecule has 0 amide bonds. The summed E-state index contributed by atoms with van der Waals surface area (Å²) in [5.74, 6) is 0.686. The number of hydrogen-bond donors (Lipinski definition) is 2. The van der Waals surface area contributed by atoms with Gasteiger partial charge in [-0.25, -0.2) is 9.97 Å².